The van der Waals surface area contributed by atoms with Crippen molar-refractivity contribution in [3.05, 3.63) is 29.8 Å². The highest BCUT2D eigenvalue weighted by Gasteiger charge is 2.08. The molecule has 0 aliphatic heterocycles. The topological polar surface area (TPSA) is 33.9 Å². The lowest BCUT2D eigenvalue weighted by atomic mass is 10.2. The summed E-state index contributed by atoms with van der Waals surface area (Å²) in [6.45, 7) is 3.09. The lowest BCUT2D eigenvalue weighted by Crippen LogP contribution is -3.07. The van der Waals surface area contributed by atoms with Gasteiger partial charge in [-0.05, 0) is 19.1 Å². The summed E-state index contributed by atoms with van der Waals surface area (Å²) in [4.78, 5) is 1.22. The zero-order chi connectivity index (χ0) is 11.3. The van der Waals surface area contributed by atoms with Crippen molar-refractivity contribution in [2.75, 3.05) is 27.2 Å². The Kier molecular flexibility index (Phi) is 4.59. The molecule has 0 saturated carbocycles. The second kappa shape index (κ2) is 5.73. The highest BCUT2D eigenvalue weighted by Crippen LogP contribution is 2.11. The minimum absolute atomic E-state index is 0.355. The molecule has 0 aliphatic carbocycles. The number of hydrogen-bond acceptors (Lipinski definition) is 2. The number of aliphatic hydroxyl groups is 1. The fraction of sp³-hybridized carbons (Fsp3) is 0.500. The molecule has 1 rings (SSSR count). The molecule has 0 amide bonds. The number of aryl methyl sites for hydroxylation is 1. The third kappa shape index (κ3) is 4.81. The highest BCUT2D eigenvalue weighted by atomic mass is 16.5. The fourth-order valence-electron chi connectivity index (χ4n) is 1.36. The van der Waals surface area contributed by atoms with Gasteiger partial charge in [0.05, 0.1) is 14.1 Å². The van der Waals surface area contributed by atoms with E-state index in [0.717, 1.165) is 5.75 Å². The maximum Gasteiger partial charge on any atom is 0.137 e. The molecule has 0 radical (unpaired) electrons. The van der Waals surface area contributed by atoms with Gasteiger partial charge in [-0.15, -0.1) is 0 Å². The first-order valence-electron chi connectivity index (χ1n) is 5.24. The van der Waals surface area contributed by atoms with Gasteiger partial charge in [0.1, 0.15) is 25.0 Å². The summed E-state index contributed by atoms with van der Waals surface area (Å²) in [6.07, 6.45) is -0.406. The Balaban J connectivity index is 2.33. The Labute approximate surface area is 91.3 Å². The molecule has 1 aromatic carbocycles. The van der Waals surface area contributed by atoms with Crippen LogP contribution in [0.2, 0.25) is 0 Å². The van der Waals surface area contributed by atoms with E-state index in [4.69, 9.17) is 4.74 Å². The predicted octanol–water partition coefficient (Wildman–Crippen LogP) is -0.121. The SMILES string of the molecule is Cc1ccc(OC[C@H](O)C[NH+](C)C)cc1. The van der Waals surface area contributed by atoms with Gasteiger partial charge in [-0.25, -0.2) is 0 Å². The van der Waals surface area contributed by atoms with E-state index in [-0.39, 0.29) is 0 Å². The number of benzene rings is 1. The van der Waals surface area contributed by atoms with E-state index >= 15 is 0 Å². The number of ether oxygens (including phenoxy) is 1. The maximum absolute atomic E-state index is 9.59. The van der Waals surface area contributed by atoms with E-state index in [1.54, 1.807) is 0 Å². The summed E-state index contributed by atoms with van der Waals surface area (Å²) in [5.74, 6) is 0.813. The van der Waals surface area contributed by atoms with E-state index in [1.165, 1.54) is 10.5 Å². The maximum atomic E-state index is 9.59. The molecule has 0 spiro atoms. The van der Waals surface area contributed by atoms with Crippen LogP contribution in [-0.2, 0) is 0 Å². The van der Waals surface area contributed by atoms with Gasteiger partial charge in [0, 0.05) is 0 Å². The normalized spacial score (nSPS) is 12.9. The lowest BCUT2D eigenvalue weighted by Gasteiger charge is -2.14. The number of quaternary nitrogens is 1. The zero-order valence-corrected chi connectivity index (χ0v) is 9.66. The number of rotatable bonds is 5. The smallest absolute Gasteiger partial charge is 0.137 e. The van der Waals surface area contributed by atoms with Gasteiger partial charge in [-0.1, -0.05) is 17.7 Å². The first kappa shape index (κ1) is 12.0. The van der Waals surface area contributed by atoms with E-state index in [0.29, 0.717) is 13.2 Å². The van der Waals surface area contributed by atoms with Crippen LogP contribution in [0.15, 0.2) is 24.3 Å². The Bertz CT molecular complexity index is 282. The second-order valence-corrected chi connectivity index (χ2v) is 4.19. The summed E-state index contributed by atoms with van der Waals surface area (Å²) in [6, 6.07) is 7.84. The highest BCUT2D eigenvalue weighted by molar-refractivity contribution is 5.26. The third-order valence-corrected chi connectivity index (χ3v) is 2.11. The molecule has 0 fully saturated rings. The Morgan fingerprint density at radius 1 is 1.27 bits per heavy atom. The minimum Gasteiger partial charge on any atom is -0.491 e. The van der Waals surface area contributed by atoms with Gasteiger partial charge >= 0.3 is 0 Å². The van der Waals surface area contributed by atoms with Crippen molar-refractivity contribution >= 4 is 0 Å². The van der Waals surface area contributed by atoms with Crippen LogP contribution in [0.4, 0.5) is 0 Å². The van der Waals surface area contributed by atoms with Gasteiger partial charge in [0.25, 0.3) is 0 Å². The molecule has 0 bridgehead atoms. The Morgan fingerprint density at radius 3 is 2.40 bits per heavy atom. The number of hydrogen-bond donors (Lipinski definition) is 2. The largest absolute Gasteiger partial charge is 0.491 e. The van der Waals surface area contributed by atoms with E-state index in [1.807, 2.05) is 45.3 Å². The molecule has 0 unspecified atom stereocenters. The number of aliphatic hydroxyl groups excluding tert-OH is 1. The summed E-state index contributed by atoms with van der Waals surface area (Å²) in [5, 5.41) is 9.59. The van der Waals surface area contributed by atoms with Crippen LogP contribution in [0.25, 0.3) is 0 Å². The van der Waals surface area contributed by atoms with Crippen LogP contribution >= 0.6 is 0 Å². The molecule has 1 aromatic rings. The minimum atomic E-state index is -0.406. The van der Waals surface area contributed by atoms with Gasteiger partial charge in [-0.3, -0.25) is 0 Å². The van der Waals surface area contributed by atoms with Crippen LogP contribution in [0, 0.1) is 6.92 Å². The van der Waals surface area contributed by atoms with Crippen LogP contribution in [0.3, 0.4) is 0 Å². The Hall–Kier alpha value is -1.06. The van der Waals surface area contributed by atoms with E-state index in [2.05, 4.69) is 0 Å². The van der Waals surface area contributed by atoms with Crippen molar-refractivity contribution in [2.45, 2.75) is 13.0 Å². The summed E-state index contributed by atoms with van der Waals surface area (Å²) in [7, 11) is 4.02. The van der Waals surface area contributed by atoms with Crippen LogP contribution < -0.4 is 9.64 Å². The zero-order valence-electron chi connectivity index (χ0n) is 9.66. The van der Waals surface area contributed by atoms with Crippen molar-refractivity contribution in [1.82, 2.24) is 0 Å². The molecule has 15 heavy (non-hydrogen) atoms. The molecule has 3 nitrogen and oxygen atoms in total. The summed E-state index contributed by atoms with van der Waals surface area (Å²) >= 11 is 0. The third-order valence-electron chi connectivity index (χ3n) is 2.11. The van der Waals surface area contributed by atoms with Crippen molar-refractivity contribution in [3.63, 3.8) is 0 Å². The first-order chi connectivity index (χ1) is 7.08. The molecule has 1 atom stereocenters. The fourth-order valence-corrected chi connectivity index (χ4v) is 1.36. The van der Waals surface area contributed by atoms with Crippen LogP contribution in [0.5, 0.6) is 5.75 Å². The predicted molar refractivity (Wildman–Crippen MR) is 60.4 cm³/mol. The van der Waals surface area contributed by atoms with Crippen molar-refractivity contribution < 1.29 is 14.7 Å². The average Bonchev–Trinajstić information content (AvgIpc) is 2.16. The van der Waals surface area contributed by atoms with E-state index in [9.17, 15) is 5.11 Å². The molecule has 3 heteroatoms. The lowest BCUT2D eigenvalue weighted by molar-refractivity contribution is -0.861. The van der Waals surface area contributed by atoms with Gasteiger partial charge in [-0.2, -0.15) is 0 Å². The van der Waals surface area contributed by atoms with Crippen molar-refractivity contribution in [1.29, 1.82) is 0 Å². The van der Waals surface area contributed by atoms with Gasteiger partial charge < -0.3 is 14.7 Å². The molecule has 0 heterocycles. The van der Waals surface area contributed by atoms with Crippen LogP contribution in [0.1, 0.15) is 5.56 Å². The van der Waals surface area contributed by atoms with Gasteiger partial charge in [0.2, 0.25) is 0 Å². The van der Waals surface area contributed by atoms with Crippen LogP contribution in [-0.4, -0.2) is 38.5 Å². The number of likely N-dealkylation sites (N-methyl/N-ethyl adjacent to an activating group) is 1. The quantitative estimate of drug-likeness (QED) is 0.710. The first-order valence-corrected chi connectivity index (χ1v) is 5.24. The monoisotopic (exact) mass is 210 g/mol. The standard InChI is InChI=1S/C12H19NO2/c1-10-4-6-12(7-5-10)15-9-11(14)8-13(2)3/h4-7,11,14H,8-9H2,1-3H3/p+1/t11-/m1/s1. The molecule has 2 N–H and O–H groups in total. The summed E-state index contributed by atoms with van der Waals surface area (Å²) in [5.41, 5.74) is 1.21. The molecular formula is C12H20NO2+. The molecule has 0 aliphatic rings. The number of nitrogens with one attached hydrogen (secondary N) is 1. The van der Waals surface area contributed by atoms with Crippen molar-refractivity contribution in [2.24, 2.45) is 0 Å². The van der Waals surface area contributed by atoms with Crippen molar-refractivity contribution in [3.8, 4) is 5.75 Å². The summed E-state index contributed by atoms with van der Waals surface area (Å²) < 4.78 is 5.46. The Morgan fingerprint density at radius 2 is 1.87 bits per heavy atom. The second-order valence-electron chi connectivity index (χ2n) is 4.19. The van der Waals surface area contributed by atoms with Gasteiger partial charge in [0.15, 0.2) is 0 Å². The molecule has 84 valence electrons. The molecular weight excluding hydrogens is 190 g/mol. The average molecular weight is 210 g/mol. The molecule has 0 aromatic heterocycles. The van der Waals surface area contributed by atoms with E-state index < -0.39 is 6.10 Å². The molecule has 0 saturated heterocycles.